The highest BCUT2D eigenvalue weighted by atomic mass is 35.5. The van der Waals surface area contributed by atoms with Gasteiger partial charge in [-0.1, -0.05) is 61.3 Å². The van der Waals surface area contributed by atoms with Gasteiger partial charge in [0.25, 0.3) is 5.91 Å². The summed E-state index contributed by atoms with van der Waals surface area (Å²) in [5, 5.41) is 3.47. The summed E-state index contributed by atoms with van der Waals surface area (Å²) in [6, 6.07) is 18.2. The van der Waals surface area contributed by atoms with Crippen LogP contribution in [0.3, 0.4) is 0 Å². The first-order chi connectivity index (χ1) is 14.4. The fourth-order valence-electron chi connectivity index (χ4n) is 3.07. The van der Waals surface area contributed by atoms with Crippen molar-refractivity contribution in [1.82, 2.24) is 0 Å². The van der Waals surface area contributed by atoms with E-state index < -0.39 is 0 Å². The molecule has 156 valence electrons. The molecule has 3 rings (SSSR count). The number of hydrogen-bond donors (Lipinski definition) is 1. The maximum atomic E-state index is 12.8. The van der Waals surface area contributed by atoms with Gasteiger partial charge in [0.15, 0.2) is 0 Å². The van der Waals surface area contributed by atoms with Gasteiger partial charge in [-0.15, -0.1) is 0 Å². The summed E-state index contributed by atoms with van der Waals surface area (Å²) >= 11 is 12.2. The Kier molecular flexibility index (Phi) is 7.24. The molecule has 0 heterocycles. The summed E-state index contributed by atoms with van der Waals surface area (Å²) in [5.74, 6) is 1.50. The molecule has 1 amide bonds. The van der Waals surface area contributed by atoms with E-state index in [9.17, 15) is 4.79 Å². The van der Waals surface area contributed by atoms with Crippen molar-refractivity contribution in [3.05, 3.63) is 87.4 Å². The first-order valence-corrected chi connectivity index (χ1v) is 10.3. The van der Waals surface area contributed by atoms with Gasteiger partial charge in [-0.25, -0.2) is 0 Å². The van der Waals surface area contributed by atoms with Gasteiger partial charge >= 0.3 is 0 Å². The molecule has 0 fully saturated rings. The van der Waals surface area contributed by atoms with E-state index in [4.69, 9.17) is 32.7 Å². The molecule has 0 radical (unpaired) electrons. The molecule has 0 saturated carbocycles. The van der Waals surface area contributed by atoms with Gasteiger partial charge in [-0.05, 0) is 47.9 Å². The molecule has 0 saturated heterocycles. The van der Waals surface area contributed by atoms with E-state index >= 15 is 0 Å². The first-order valence-electron chi connectivity index (χ1n) is 9.54. The lowest BCUT2D eigenvalue weighted by Gasteiger charge is -2.16. The van der Waals surface area contributed by atoms with Crippen LogP contribution in [-0.4, -0.2) is 13.0 Å². The van der Waals surface area contributed by atoms with Crippen LogP contribution in [0.1, 0.15) is 41.3 Å². The van der Waals surface area contributed by atoms with Crippen LogP contribution in [0.15, 0.2) is 60.7 Å². The van der Waals surface area contributed by atoms with E-state index in [1.807, 2.05) is 18.2 Å². The Morgan fingerprint density at radius 2 is 1.77 bits per heavy atom. The maximum absolute atomic E-state index is 12.8. The van der Waals surface area contributed by atoms with Crippen molar-refractivity contribution in [2.75, 3.05) is 12.4 Å². The Bertz CT molecular complexity index is 1050. The number of halogens is 2. The fraction of sp³-hybridized carbons (Fsp3) is 0.208. The molecule has 3 aromatic carbocycles. The van der Waals surface area contributed by atoms with E-state index in [-0.39, 0.29) is 12.5 Å². The number of benzene rings is 3. The summed E-state index contributed by atoms with van der Waals surface area (Å²) in [6.07, 6.45) is 0. The summed E-state index contributed by atoms with van der Waals surface area (Å²) in [7, 11) is 1.59. The van der Waals surface area contributed by atoms with E-state index in [1.54, 1.807) is 43.5 Å². The van der Waals surface area contributed by atoms with Crippen LogP contribution in [-0.2, 0) is 6.61 Å². The minimum atomic E-state index is -0.300. The lowest BCUT2D eigenvalue weighted by Crippen LogP contribution is -2.13. The van der Waals surface area contributed by atoms with Crippen LogP contribution in [0.4, 0.5) is 5.69 Å². The van der Waals surface area contributed by atoms with Gasteiger partial charge in [0.2, 0.25) is 0 Å². The summed E-state index contributed by atoms with van der Waals surface area (Å²) in [4.78, 5) is 12.8. The molecule has 0 aliphatic carbocycles. The minimum Gasteiger partial charge on any atom is -0.496 e. The van der Waals surface area contributed by atoms with Gasteiger partial charge in [0, 0.05) is 11.1 Å². The first kappa shape index (κ1) is 22.0. The van der Waals surface area contributed by atoms with E-state index in [1.165, 1.54) is 0 Å². The van der Waals surface area contributed by atoms with Crippen molar-refractivity contribution in [3.63, 3.8) is 0 Å². The van der Waals surface area contributed by atoms with Crippen molar-refractivity contribution in [1.29, 1.82) is 0 Å². The molecule has 30 heavy (non-hydrogen) atoms. The topological polar surface area (TPSA) is 47.6 Å². The Morgan fingerprint density at radius 1 is 1.00 bits per heavy atom. The van der Waals surface area contributed by atoms with E-state index in [0.717, 1.165) is 16.9 Å². The monoisotopic (exact) mass is 443 g/mol. The predicted molar refractivity (Wildman–Crippen MR) is 122 cm³/mol. The molecule has 0 atom stereocenters. The summed E-state index contributed by atoms with van der Waals surface area (Å²) < 4.78 is 11.5. The minimum absolute atomic E-state index is 0.270. The van der Waals surface area contributed by atoms with Crippen molar-refractivity contribution in [2.24, 2.45) is 0 Å². The van der Waals surface area contributed by atoms with Gasteiger partial charge < -0.3 is 14.8 Å². The molecule has 1 N–H and O–H groups in total. The SMILES string of the molecule is COc1ccc(C(=O)Nc2cccc(Cl)c2Cl)cc1COc1ccccc1C(C)C. The second-order valence-corrected chi connectivity index (χ2v) is 7.85. The number of ether oxygens (including phenoxy) is 2. The standard InChI is InChI=1S/C24H23Cl2NO3/c1-15(2)18-7-4-5-10-22(18)30-14-17-13-16(11-12-21(17)29-3)24(28)27-20-9-6-8-19(25)23(20)26/h4-13,15H,14H2,1-3H3,(H,27,28). The summed E-state index contributed by atoms with van der Waals surface area (Å²) in [6.45, 7) is 4.51. The number of rotatable bonds is 7. The highest BCUT2D eigenvalue weighted by molar-refractivity contribution is 6.44. The molecular formula is C24H23Cl2NO3. The molecule has 0 aliphatic heterocycles. The Labute approximate surface area is 186 Å². The number of anilines is 1. The Balaban J connectivity index is 1.82. The molecular weight excluding hydrogens is 421 g/mol. The second kappa shape index (κ2) is 9.88. The van der Waals surface area contributed by atoms with Gasteiger partial charge in [0.1, 0.15) is 18.1 Å². The van der Waals surface area contributed by atoms with Crippen LogP contribution >= 0.6 is 23.2 Å². The zero-order valence-electron chi connectivity index (χ0n) is 17.0. The number of methoxy groups -OCH3 is 1. The van der Waals surface area contributed by atoms with Crippen molar-refractivity contribution < 1.29 is 14.3 Å². The second-order valence-electron chi connectivity index (χ2n) is 7.06. The molecule has 0 bridgehead atoms. The van der Waals surface area contributed by atoms with Crippen molar-refractivity contribution in [2.45, 2.75) is 26.4 Å². The van der Waals surface area contributed by atoms with Crippen molar-refractivity contribution >= 4 is 34.8 Å². The lowest BCUT2D eigenvalue weighted by molar-refractivity contribution is 0.102. The largest absolute Gasteiger partial charge is 0.496 e. The molecule has 0 aliphatic rings. The highest BCUT2D eigenvalue weighted by Crippen LogP contribution is 2.31. The lowest BCUT2D eigenvalue weighted by atomic mass is 10.0. The third-order valence-electron chi connectivity index (χ3n) is 4.67. The highest BCUT2D eigenvalue weighted by Gasteiger charge is 2.14. The van der Waals surface area contributed by atoms with E-state index in [0.29, 0.717) is 33.0 Å². The Morgan fingerprint density at radius 3 is 2.50 bits per heavy atom. The quantitative estimate of drug-likeness (QED) is 0.429. The van der Waals surface area contributed by atoms with E-state index in [2.05, 4.69) is 25.2 Å². The van der Waals surface area contributed by atoms with Crippen LogP contribution in [0.25, 0.3) is 0 Å². The number of carbonyl (C=O) groups excluding carboxylic acids is 1. The zero-order chi connectivity index (χ0) is 21.7. The third kappa shape index (κ3) is 5.07. The number of amides is 1. The third-order valence-corrected chi connectivity index (χ3v) is 5.49. The van der Waals surface area contributed by atoms with Crippen molar-refractivity contribution in [3.8, 4) is 11.5 Å². The molecule has 0 spiro atoms. The van der Waals surface area contributed by atoms with Crippen LogP contribution in [0, 0.1) is 0 Å². The number of nitrogens with one attached hydrogen (secondary N) is 1. The summed E-state index contributed by atoms with van der Waals surface area (Å²) in [5.41, 5.74) is 2.80. The maximum Gasteiger partial charge on any atom is 0.255 e. The normalized spacial score (nSPS) is 10.7. The molecule has 6 heteroatoms. The average Bonchev–Trinajstić information content (AvgIpc) is 2.75. The molecule has 3 aromatic rings. The smallest absolute Gasteiger partial charge is 0.255 e. The average molecular weight is 444 g/mol. The van der Waals surface area contributed by atoms with Crippen LogP contribution in [0.2, 0.25) is 10.0 Å². The number of para-hydroxylation sites is 1. The fourth-order valence-corrected chi connectivity index (χ4v) is 3.42. The van der Waals surface area contributed by atoms with Gasteiger partial charge in [0.05, 0.1) is 22.8 Å². The number of carbonyl (C=O) groups is 1. The van der Waals surface area contributed by atoms with Gasteiger partial charge in [-0.2, -0.15) is 0 Å². The zero-order valence-corrected chi connectivity index (χ0v) is 18.6. The molecule has 4 nitrogen and oxygen atoms in total. The van der Waals surface area contributed by atoms with Gasteiger partial charge in [-0.3, -0.25) is 4.79 Å². The predicted octanol–water partition coefficient (Wildman–Crippen LogP) is 6.96. The van der Waals surface area contributed by atoms with Crippen LogP contribution < -0.4 is 14.8 Å². The van der Waals surface area contributed by atoms with Crippen LogP contribution in [0.5, 0.6) is 11.5 Å². The molecule has 0 unspecified atom stereocenters. The Hall–Kier alpha value is -2.69. The molecule has 0 aromatic heterocycles. The number of hydrogen-bond acceptors (Lipinski definition) is 3.